The van der Waals surface area contributed by atoms with Gasteiger partial charge in [0.2, 0.25) is 0 Å². The van der Waals surface area contributed by atoms with Crippen molar-refractivity contribution in [2.75, 3.05) is 58.9 Å². The maximum atomic E-state index is 5.06. The van der Waals surface area contributed by atoms with Crippen LogP contribution < -0.4 is 5.32 Å². The summed E-state index contributed by atoms with van der Waals surface area (Å²) in [7, 11) is 0. The summed E-state index contributed by atoms with van der Waals surface area (Å²) in [5, 5.41) is 3.56. The lowest BCUT2D eigenvalue weighted by molar-refractivity contribution is 0.0173. The summed E-state index contributed by atoms with van der Waals surface area (Å²) < 4.78 is 0. The van der Waals surface area contributed by atoms with Crippen molar-refractivity contribution in [2.45, 2.75) is 38.6 Å². The molecule has 5 heteroatoms. The number of nitrogens with one attached hydrogen (secondary N) is 1. The highest BCUT2D eigenvalue weighted by Gasteiger charge is 2.36. The first-order chi connectivity index (χ1) is 11.3. The Bertz CT molecular complexity index is 415. The van der Waals surface area contributed by atoms with E-state index >= 15 is 0 Å². The number of guanidine groups is 1. The Morgan fingerprint density at radius 3 is 2.26 bits per heavy atom. The van der Waals surface area contributed by atoms with Crippen molar-refractivity contribution >= 4 is 5.96 Å². The Hall–Kier alpha value is -0.810. The third-order valence-electron chi connectivity index (χ3n) is 6.45. The van der Waals surface area contributed by atoms with Gasteiger partial charge in [-0.2, -0.15) is 0 Å². The van der Waals surface area contributed by atoms with E-state index < -0.39 is 0 Å². The first kappa shape index (κ1) is 15.7. The number of fused-ring (bicyclic) bond motifs is 4. The fraction of sp³-hybridized carbons (Fsp3) is 0.944. The molecule has 4 heterocycles. The van der Waals surface area contributed by atoms with Crippen molar-refractivity contribution in [3.63, 3.8) is 0 Å². The van der Waals surface area contributed by atoms with Crippen LogP contribution in [0.15, 0.2) is 4.99 Å². The molecule has 0 spiro atoms. The minimum Gasteiger partial charge on any atom is -0.357 e. The zero-order valence-electron chi connectivity index (χ0n) is 14.7. The molecule has 3 atom stereocenters. The molecule has 1 N–H and O–H groups in total. The largest absolute Gasteiger partial charge is 0.357 e. The quantitative estimate of drug-likeness (QED) is 0.623. The van der Waals surface area contributed by atoms with Crippen molar-refractivity contribution in [1.82, 2.24) is 20.0 Å². The fourth-order valence-corrected chi connectivity index (χ4v) is 5.09. The molecule has 1 saturated carbocycles. The molecule has 130 valence electrons. The second-order valence-corrected chi connectivity index (χ2v) is 7.89. The zero-order valence-corrected chi connectivity index (χ0v) is 14.7. The van der Waals surface area contributed by atoms with Crippen molar-refractivity contribution in [3.05, 3.63) is 0 Å². The minimum absolute atomic E-state index is 0.635. The van der Waals surface area contributed by atoms with Crippen molar-refractivity contribution in [3.8, 4) is 0 Å². The molecule has 0 aromatic heterocycles. The molecular weight excluding hydrogens is 286 g/mol. The fourth-order valence-electron chi connectivity index (χ4n) is 5.09. The lowest BCUT2D eigenvalue weighted by Gasteiger charge is -2.47. The van der Waals surface area contributed by atoms with E-state index in [9.17, 15) is 0 Å². The van der Waals surface area contributed by atoms with Gasteiger partial charge in [-0.05, 0) is 31.6 Å². The first-order valence-corrected chi connectivity index (χ1v) is 9.83. The molecule has 3 unspecified atom stereocenters. The highest BCUT2D eigenvalue weighted by Crippen LogP contribution is 2.36. The van der Waals surface area contributed by atoms with Gasteiger partial charge in [-0.3, -0.25) is 14.8 Å². The van der Waals surface area contributed by atoms with Gasteiger partial charge >= 0.3 is 0 Å². The molecule has 5 fully saturated rings. The molecule has 23 heavy (non-hydrogen) atoms. The van der Waals surface area contributed by atoms with E-state index in [4.69, 9.17) is 4.99 Å². The van der Waals surface area contributed by atoms with Crippen LogP contribution in [-0.2, 0) is 0 Å². The van der Waals surface area contributed by atoms with Gasteiger partial charge in [-0.15, -0.1) is 0 Å². The van der Waals surface area contributed by atoms with Crippen molar-refractivity contribution in [2.24, 2.45) is 16.8 Å². The SMILES string of the molecule is CCNC(=NCC1CN2CCN1CC2)N1CC2CCCCC2C1. The maximum Gasteiger partial charge on any atom is 0.193 e. The molecule has 0 amide bonds. The highest BCUT2D eigenvalue weighted by molar-refractivity contribution is 5.80. The molecule has 0 radical (unpaired) electrons. The van der Waals surface area contributed by atoms with Crippen LogP contribution in [0.5, 0.6) is 0 Å². The Labute approximate surface area is 141 Å². The van der Waals surface area contributed by atoms with E-state index in [0.717, 1.165) is 24.9 Å². The summed E-state index contributed by atoms with van der Waals surface area (Å²) >= 11 is 0. The second kappa shape index (κ2) is 6.98. The molecular formula is C18H33N5. The summed E-state index contributed by atoms with van der Waals surface area (Å²) in [5.74, 6) is 3.03. The molecule has 4 saturated heterocycles. The van der Waals surface area contributed by atoms with Gasteiger partial charge in [0, 0.05) is 58.4 Å². The van der Waals surface area contributed by atoms with Crippen molar-refractivity contribution in [1.29, 1.82) is 0 Å². The van der Waals surface area contributed by atoms with Crippen LogP contribution in [0, 0.1) is 11.8 Å². The Balaban J connectivity index is 1.39. The number of likely N-dealkylation sites (tertiary alicyclic amines) is 1. The molecule has 4 aliphatic heterocycles. The normalized spacial score (nSPS) is 40.3. The second-order valence-electron chi connectivity index (χ2n) is 7.89. The van der Waals surface area contributed by atoms with Gasteiger partial charge in [0.15, 0.2) is 5.96 Å². The Kier molecular flexibility index (Phi) is 4.76. The third kappa shape index (κ3) is 3.36. The van der Waals surface area contributed by atoms with Crippen LogP contribution in [-0.4, -0.2) is 85.6 Å². The molecule has 1 aliphatic carbocycles. The predicted molar refractivity (Wildman–Crippen MR) is 94.8 cm³/mol. The van der Waals surface area contributed by atoms with Crippen LogP contribution >= 0.6 is 0 Å². The summed E-state index contributed by atoms with van der Waals surface area (Å²) in [6.07, 6.45) is 5.75. The smallest absolute Gasteiger partial charge is 0.193 e. The number of rotatable bonds is 3. The zero-order chi connectivity index (χ0) is 15.6. The van der Waals surface area contributed by atoms with Crippen LogP contribution in [0.4, 0.5) is 0 Å². The Morgan fingerprint density at radius 2 is 1.70 bits per heavy atom. The van der Waals surface area contributed by atoms with Crippen LogP contribution in [0.3, 0.4) is 0 Å². The van der Waals surface area contributed by atoms with Gasteiger partial charge in [0.25, 0.3) is 0 Å². The molecule has 2 bridgehead atoms. The van der Waals surface area contributed by atoms with E-state index in [2.05, 4.69) is 26.9 Å². The van der Waals surface area contributed by atoms with E-state index in [1.165, 1.54) is 77.5 Å². The minimum atomic E-state index is 0.635. The number of hydrogen-bond acceptors (Lipinski definition) is 3. The predicted octanol–water partition coefficient (Wildman–Crippen LogP) is 1.07. The van der Waals surface area contributed by atoms with Gasteiger partial charge in [-0.1, -0.05) is 12.8 Å². The Morgan fingerprint density at radius 1 is 1.00 bits per heavy atom. The number of piperazine rings is 3. The molecule has 0 aromatic rings. The summed E-state index contributed by atoms with van der Waals surface area (Å²) in [6.45, 7) is 12.8. The van der Waals surface area contributed by atoms with Crippen molar-refractivity contribution < 1.29 is 0 Å². The summed E-state index contributed by atoms with van der Waals surface area (Å²) in [4.78, 5) is 12.9. The average molecular weight is 319 g/mol. The van der Waals surface area contributed by atoms with E-state index in [1.807, 2.05) is 0 Å². The van der Waals surface area contributed by atoms with E-state index in [0.29, 0.717) is 6.04 Å². The molecule has 0 aromatic carbocycles. The van der Waals surface area contributed by atoms with E-state index in [-0.39, 0.29) is 0 Å². The van der Waals surface area contributed by atoms with Gasteiger partial charge in [0.05, 0.1) is 6.54 Å². The topological polar surface area (TPSA) is 34.1 Å². The monoisotopic (exact) mass is 319 g/mol. The average Bonchev–Trinajstić information content (AvgIpc) is 3.03. The molecule has 5 rings (SSSR count). The highest BCUT2D eigenvalue weighted by atomic mass is 15.4. The van der Waals surface area contributed by atoms with Gasteiger partial charge in [-0.25, -0.2) is 0 Å². The number of nitrogens with zero attached hydrogens (tertiary/aromatic N) is 4. The third-order valence-corrected chi connectivity index (χ3v) is 6.45. The summed E-state index contributed by atoms with van der Waals surface area (Å²) in [6, 6.07) is 0.635. The molecule has 5 aliphatic rings. The lowest BCUT2D eigenvalue weighted by Crippen LogP contribution is -2.62. The summed E-state index contributed by atoms with van der Waals surface area (Å²) in [5.41, 5.74) is 0. The van der Waals surface area contributed by atoms with Crippen LogP contribution in [0.25, 0.3) is 0 Å². The van der Waals surface area contributed by atoms with Gasteiger partial charge < -0.3 is 10.2 Å². The number of hydrogen-bond donors (Lipinski definition) is 1. The van der Waals surface area contributed by atoms with E-state index in [1.54, 1.807) is 0 Å². The standard InChI is InChI=1S/C18H33N5/c1-2-19-18(23-12-15-5-3-4-6-16(15)13-23)20-11-17-14-21-7-9-22(17)10-8-21/h15-17H,2-14H2,1H3,(H,19,20). The maximum absolute atomic E-state index is 5.06. The first-order valence-electron chi connectivity index (χ1n) is 9.83. The lowest BCUT2D eigenvalue weighted by atomic mass is 9.82. The van der Waals surface area contributed by atoms with Crippen LogP contribution in [0.1, 0.15) is 32.6 Å². The molecule has 5 nitrogen and oxygen atoms in total. The number of aliphatic imine (C=N–C) groups is 1. The van der Waals surface area contributed by atoms with Crippen LogP contribution in [0.2, 0.25) is 0 Å². The van der Waals surface area contributed by atoms with Gasteiger partial charge in [0.1, 0.15) is 0 Å².